The summed E-state index contributed by atoms with van der Waals surface area (Å²) in [6.07, 6.45) is 0.513. The van der Waals surface area contributed by atoms with Crippen LogP contribution in [0.5, 0.6) is 0 Å². The lowest BCUT2D eigenvalue weighted by molar-refractivity contribution is -0.150. The molecule has 0 radical (unpaired) electrons. The molecule has 73 heavy (non-hydrogen) atoms. The van der Waals surface area contributed by atoms with Crippen LogP contribution in [-0.2, 0) is 70.1 Å². The monoisotopic (exact) mass is 1030 g/mol. The Labute approximate surface area is 427 Å². The van der Waals surface area contributed by atoms with Crippen molar-refractivity contribution >= 4 is 70.0 Å². The molecule has 0 saturated carbocycles. The number of aryl methyl sites for hydroxylation is 1. The van der Waals surface area contributed by atoms with E-state index in [0.29, 0.717) is 57.6 Å². The normalized spacial score (nSPS) is 17.3. The second kappa shape index (κ2) is 23.2. The summed E-state index contributed by atoms with van der Waals surface area (Å²) in [6, 6.07) is 9.92. The standard InChI is InChI=1S/C52H64ClN9O11/c1-6-52(73-51(70)72-26-31-9-11-32(12-10-31)57-47(67)39(8-7-17-56-50(54)55)59-48(68)45(28(2)3)60-42(63)13-14-43(64)65)23-44(66)71-27-36-37(52)21-41-46-35(25-62(41)49(36)69)34(24-61-18-15-29(4)16-19-61)33-20-30(5)38(53)22-40(33)58-46/h9-12,20-22,28-29,39,45H,6-8,13-19,23-27H2,1-5H3,(H,57,67)(H,59,68)(H,60,63)(H,64,65)(H4,54,55,56)/t39-,45-,52+/m0/s1. The Bertz CT molecular complexity index is 2880. The van der Waals surface area contributed by atoms with Gasteiger partial charge in [-0.05, 0) is 111 Å². The number of benzene rings is 2. The predicted octanol–water partition coefficient (Wildman–Crippen LogP) is 5.51. The maximum atomic E-state index is 14.6. The van der Waals surface area contributed by atoms with E-state index in [2.05, 4.69) is 38.8 Å². The third-order valence-electron chi connectivity index (χ3n) is 13.8. The summed E-state index contributed by atoms with van der Waals surface area (Å²) in [5, 5.41) is 18.6. The van der Waals surface area contributed by atoms with Crippen molar-refractivity contribution in [1.82, 2.24) is 25.1 Å². The highest BCUT2D eigenvalue weighted by atomic mass is 35.5. The number of rotatable bonds is 19. The van der Waals surface area contributed by atoms with Gasteiger partial charge < -0.3 is 51.3 Å². The average molecular weight is 1030 g/mol. The molecule has 2 aromatic carbocycles. The number of anilines is 1. The van der Waals surface area contributed by atoms with Gasteiger partial charge in [-0.25, -0.2) is 9.78 Å². The fourth-order valence-electron chi connectivity index (χ4n) is 9.54. The number of nitrogens with two attached hydrogens (primary N) is 2. The molecule has 3 aliphatic heterocycles. The second-order valence-electron chi connectivity index (χ2n) is 19.5. The molecule has 0 unspecified atom stereocenters. The topological polar surface area (TPSA) is 289 Å². The summed E-state index contributed by atoms with van der Waals surface area (Å²) in [4.78, 5) is 104. The van der Waals surface area contributed by atoms with Crippen LogP contribution in [0.25, 0.3) is 22.3 Å². The van der Waals surface area contributed by atoms with Crippen LogP contribution >= 0.6 is 11.6 Å². The minimum absolute atomic E-state index is 0.0995. The number of amides is 3. The zero-order chi connectivity index (χ0) is 52.7. The van der Waals surface area contributed by atoms with Crippen molar-refractivity contribution in [2.24, 2.45) is 28.3 Å². The molecule has 7 rings (SSSR count). The summed E-state index contributed by atoms with van der Waals surface area (Å²) < 4.78 is 18.9. The van der Waals surface area contributed by atoms with Crippen molar-refractivity contribution in [3.05, 3.63) is 91.2 Å². The number of fused-ring (bicyclic) bond motifs is 5. The Kier molecular flexibility index (Phi) is 17.1. The van der Waals surface area contributed by atoms with Crippen LogP contribution in [0, 0.1) is 18.8 Å². The molecule has 3 aliphatic rings. The van der Waals surface area contributed by atoms with E-state index in [1.165, 1.54) is 0 Å². The van der Waals surface area contributed by atoms with Crippen molar-refractivity contribution in [2.75, 3.05) is 25.0 Å². The number of cyclic esters (lactones) is 1. The number of carbonyl (C=O) groups is 6. The number of piperidine rings is 1. The van der Waals surface area contributed by atoms with E-state index in [0.717, 1.165) is 48.0 Å². The van der Waals surface area contributed by atoms with E-state index in [9.17, 15) is 33.6 Å². The van der Waals surface area contributed by atoms with Gasteiger partial charge in [-0.1, -0.05) is 51.4 Å². The number of carbonyl (C=O) groups excluding carboxylic acids is 5. The van der Waals surface area contributed by atoms with Crippen LogP contribution in [0.15, 0.2) is 52.3 Å². The van der Waals surface area contributed by atoms with Crippen LogP contribution in [-0.4, -0.2) is 93.1 Å². The summed E-state index contributed by atoms with van der Waals surface area (Å²) >= 11 is 6.67. The van der Waals surface area contributed by atoms with Gasteiger partial charge in [-0.2, -0.15) is 0 Å². The number of pyridine rings is 2. The lowest BCUT2D eigenvalue weighted by atomic mass is 9.85. The number of nitrogens with zero attached hydrogens (tertiary/aromatic N) is 4. The molecule has 3 atom stereocenters. The van der Waals surface area contributed by atoms with E-state index < -0.39 is 65.8 Å². The Balaban J connectivity index is 1.07. The zero-order valence-corrected chi connectivity index (χ0v) is 42.6. The minimum atomic E-state index is -1.63. The molecule has 3 amide bonds. The molecule has 8 N–H and O–H groups in total. The lowest BCUT2D eigenvalue weighted by Crippen LogP contribution is -2.54. The summed E-state index contributed by atoms with van der Waals surface area (Å²) in [5.74, 6) is -3.56. The zero-order valence-electron chi connectivity index (χ0n) is 41.8. The molecule has 4 aromatic rings. The third kappa shape index (κ3) is 12.8. The van der Waals surface area contributed by atoms with Crippen LogP contribution < -0.4 is 33.0 Å². The van der Waals surface area contributed by atoms with E-state index in [1.54, 1.807) is 55.7 Å². The highest BCUT2D eigenvalue weighted by Crippen LogP contribution is 2.43. The molecular weight excluding hydrogens is 962 g/mol. The van der Waals surface area contributed by atoms with Gasteiger partial charge in [0.05, 0.1) is 41.9 Å². The first-order valence-electron chi connectivity index (χ1n) is 24.6. The van der Waals surface area contributed by atoms with Crippen molar-refractivity contribution in [3.63, 3.8) is 0 Å². The van der Waals surface area contributed by atoms with Gasteiger partial charge in [0.1, 0.15) is 25.3 Å². The highest BCUT2D eigenvalue weighted by Gasteiger charge is 2.45. The van der Waals surface area contributed by atoms with Gasteiger partial charge in [0.25, 0.3) is 5.56 Å². The molecule has 0 spiro atoms. The fourth-order valence-corrected chi connectivity index (χ4v) is 9.70. The number of aliphatic carboxylic acids is 1. The number of hydrogen-bond acceptors (Lipinski definition) is 13. The van der Waals surface area contributed by atoms with Crippen molar-refractivity contribution in [1.29, 1.82) is 0 Å². The van der Waals surface area contributed by atoms with E-state index >= 15 is 0 Å². The molecule has 1 fully saturated rings. The maximum absolute atomic E-state index is 14.6. The fraction of sp³-hybridized carbons (Fsp3) is 0.481. The van der Waals surface area contributed by atoms with E-state index in [4.69, 9.17) is 47.4 Å². The number of aromatic nitrogens is 2. The largest absolute Gasteiger partial charge is 0.509 e. The predicted molar refractivity (Wildman–Crippen MR) is 272 cm³/mol. The molecule has 390 valence electrons. The van der Waals surface area contributed by atoms with Crippen molar-refractivity contribution in [3.8, 4) is 11.4 Å². The minimum Gasteiger partial charge on any atom is -0.481 e. The van der Waals surface area contributed by atoms with Crippen LogP contribution in [0.4, 0.5) is 10.5 Å². The van der Waals surface area contributed by atoms with Gasteiger partial charge in [0.2, 0.25) is 17.7 Å². The van der Waals surface area contributed by atoms with Gasteiger partial charge in [-0.15, -0.1) is 0 Å². The van der Waals surface area contributed by atoms with Crippen molar-refractivity contribution in [2.45, 2.75) is 130 Å². The molecule has 5 heterocycles. The molecule has 1 saturated heterocycles. The summed E-state index contributed by atoms with van der Waals surface area (Å²) in [5.41, 5.74) is 15.1. The van der Waals surface area contributed by atoms with Gasteiger partial charge in [0.15, 0.2) is 11.6 Å². The highest BCUT2D eigenvalue weighted by molar-refractivity contribution is 6.32. The number of ether oxygens (including phenoxy) is 3. The van der Waals surface area contributed by atoms with Crippen LogP contribution in [0.1, 0.15) is 112 Å². The number of carboxylic acids is 1. The first-order valence-corrected chi connectivity index (χ1v) is 25.0. The smallest absolute Gasteiger partial charge is 0.481 e. The molecule has 2 aromatic heterocycles. The number of halogens is 1. The van der Waals surface area contributed by atoms with E-state index in [1.807, 2.05) is 13.0 Å². The molecular formula is C52H64ClN9O11. The van der Waals surface area contributed by atoms with Crippen LogP contribution in [0.2, 0.25) is 5.02 Å². The van der Waals surface area contributed by atoms with Crippen LogP contribution in [0.3, 0.4) is 0 Å². The number of aliphatic imine (C=N–C) groups is 1. The summed E-state index contributed by atoms with van der Waals surface area (Å²) in [6.45, 7) is 11.8. The number of likely N-dealkylation sites (tertiary alicyclic amines) is 1. The summed E-state index contributed by atoms with van der Waals surface area (Å²) in [7, 11) is 0. The number of hydrogen-bond donors (Lipinski definition) is 6. The lowest BCUT2D eigenvalue weighted by Gasteiger charge is -2.31. The van der Waals surface area contributed by atoms with Gasteiger partial charge >= 0.3 is 18.1 Å². The van der Waals surface area contributed by atoms with Gasteiger partial charge in [-0.3, -0.25) is 38.7 Å². The number of guanidine groups is 1. The molecule has 21 heteroatoms. The number of esters is 1. The first kappa shape index (κ1) is 53.7. The first-order chi connectivity index (χ1) is 34.7. The number of nitrogens with one attached hydrogen (secondary N) is 3. The quantitative estimate of drug-likeness (QED) is 0.0257. The third-order valence-corrected chi connectivity index (χ3v) is 14.2. The number of carboxylic acid groups (broad SMARTS) is 1. The second-order valence-corrected chi connectivity index (χ2v) is 19.9. The Hall–Kier alpha value is -7.06. The SMILES string of the molecule is CC[C@@]1(OC(=O)OCc2ccc(NC(=O)[C@H](CCCN=C(N)N)NC(=O)[C@@H](NC(=O)CCC(=O)O)C(C)C)cc2)CC(=O)OCc2c1cc1n(c2=O)Cc2c-1nc1cc(Cl)c(C)cc1c2CN1CCC(C)CC1. The molecule has 0 bridgehead atoms. The maximum Gasteiger partial charge on any atom is 0.509 e. The van der Waals surface area contributed by atoms with Gasteiger partial charge in [0, 0.05) is 46.7 Å². The Morgan fingerprint density at radius 3 is 2.41 bits per heavy atom. The van der Waals surface area contributed by atoms with E-state index in [-0.39, 0.29) is 69.1 Å². The average Bonchev–Trinajstić information content (AvgIpc) is 3.65. The van der Waals surface area contributed by atoms with Crippen molar-refractivity contribution < 1.29 is 48.1 Å². The molecule has 20 nitrogen and oxygen atoms in total. The molecule has 0 aliphatic carbocycles. The Morgan fingerprint density at radius 1 is 1.01 bits per heavy atom. The Morgan fingerprint density at radius 2 is 1.74 bits per heavy atom.